The van der Waals surface area contributed by atoms with Crippen LogP contribution in [-0.2, 0) is 123 Å². The van der Waals surface area contributed by atoms with Gasteiger partial charge in [0.05, 0.1) is 112 Å². The van der Waals surface area contributed by atoms with E-state index in [2.05, 4.69) is 42.5 Å². The van der Waals surface area contributed by atoms with Crippen LogP contribution in [0.4, 0.5) is 21.0 Å². The van der Waals surface area contributed by atoms with Crippen molar-refractivity contribution in [3.8, 4) is 0 Å². The lowest BCUT2D eigenvalue weighted by Crippen LogP contribution is -2.54. The molecule has 2 aromatic rings. The summed E-state index contributed by atoms with van der Waals surface area (Å²) in [5.74, 6) is -7.33. The third kappa shape index (κ3) is 43.0. The predicted octanol–water partition coefficient (Wildman–Crippen LogP) is 1.69. The minimum Gasteiger partial charge on any atom is -0.461 e. The molecule has 0 aromatic heterocycles. The number of nitrogens with two attached hydrogens (primary N) is 2. The van der Waals surface area contributed by atoms with Crippen molar-refractivity contribution in [1.29, 1.82) is 0 Å². The van der Waals surface area contributed by atoms with Gasteiger partial charge in [0.2, 0.25) is 41.4 Å². The number of amides is 13. The Hall–Kier alpha value is -9.50. The van der Waals surface area contributed by atoms with E-state index in [4.69, 9.17) is 63.7 Å². The number of benzene rings is 2. The Labute approximate surface area is 641 Å². The van der Waals surface area contributed by atoms with E-state index >= 15 is 0 Å². The molecule has 1 fully saturated rings. The van der Waals surface area contributed by atoms with E-state index in [9.17, 15) is 67.1 Å². The van der Waals surface area contributed by atoms with Gasteiger partial charge in [-0.3, -0.25) is 52.7 Å². The van der Waals surface area contributed by atoms with Crippen LogP contribution in [0.3, 0.4) is 0 Å². The summed E-state index contributed by atoms with van der Waals surface area (Å²) in [5.41, 5.74) is 12.6. The first-order valence-electron chi connectivity index (χ1n) is 37.0. The number of carbonyl (C=O) groups is 14. The van der Waals surface area contributed by atoms with E-state index in [-0.39, 0.29) is 233 Å². The van der Waals surface area contributed by atoms with Gasteiger partial charge < -0.3 is 111 Å². The molecule has 0 aliphatic carbocycles. The molecule has 13 amide bonds. The Bertz CT molecular complexity index is 3160. The van der Waals surface area contributed by atoms with E-state index in [0.29, 0.717) is 40.4 Å². The quantitative estimate of drug-likeness (QED) is 0.0256. The highest BCUT2D eigenvalue weighted by atomic mass is 16.7. The largest absolute Gasteiger partial charge is 0.461 e. The number of hydrogen-bond acceptors (Lipinski definition) is 25. The lowest BCUT2D eigenvalue weighted by Gasteiger charge is -2.25. The zero-order valence-corrected chi connectivity index (χ0v) is 64.3. The Morgan fingerprint density at radius 2 is 0.809 bits per heavy atom. The molecule has 0 radical (unpaired) electrons. The number of nitrogens with one attached hydrogen (secondary N) is 8. The molecule has 1 heterocycles. The molecule has 4 atom stereocenters. The molecule has 1 aliphatic rings. The standard InChI is InChI=1S/C73H114N12O25/c1-49(2)65(69(95)80-57(11-9-27-76-72(74)98)67(93)78-55-19-15-53(16-20-55)47-108-52(7)86)82-59(87)25-31-100-35-39-104-43-45-106-41-37-102-33-29-84(61(89)13-8-14-64(92)110-85-62(90)23-24-63(85)91)30-34-103-38-42-107-46-44-105-40-36-101-32-26-60(88)83-66(50(3)4)70(96)81-58(12-10-28-77-73(75)99)68(94)79-56-21-17-54(18-22-56)48-109-71(97)51(5)6/h15-22,49-51,57-58,65-66H,8-14,23-48H2,1-7H3,(H,78,93)(H,79,94)(H,80,95)(H,81,96)(H,82,87)(H,83,88)(H3,74,76,98)(H3,75,77,99)/t57?,58?,65-,66-/m0/s1. The molecular weight excluding hydrogens is 1440 g/mol. The smallest absolute Gasteiger partial charge is 0.333 e. The van der Waals surface area contributed by atoms with Crippen molar-refractivity contribution in [2.24, 2.45) is 29.2 Å². The van der Waals surface area contributed by atoms with Crippen molar-refractivity contribution in [2.75, 3.05) is 143 Å². The van der Waals surface area contributed by atoms with Crippen LogP contribution in [0.1, 0.15) is 130 Å². The van der Waals surface area contributed by atoms with E-state index < -0.39 is 95.4 Å². The van der Waals surface area contributed by atoms with Crippen molar-refractivity contribution < 1.29 is 119 Å². The van der Waals surface area contributed by atoms with Crippen LogP contribution in [0.2, 0.25) is 0 Å². The highest BCUT2D eigenvalue weighted by molar-refractivity contribution is 6.02. The molecule has 37 nitrogen and oxygen atoms in total. The monoisotopic (exact) mass is 1560 g/mol. The number of urea groups is 2. The fourth-order valence-corrected chi connectivity index (χ4v) is 9.90. The van der Waals surface area contributed by atoms with Crippen LogP contribution < -0.4 is 54.0 Å². The molecule has 37 heteroatoms. The number of nitrogens with zero attached hydrogens (tertiary/aromatic N) is 2. The average molecular weight is 1560 g/mol. The number of esters is 2. The fourth-order valence-electron chi connectivity index (χ4n) is 9.90. The first kappa shape index (κ1) is 94.7. The van der Waals surface area contributed by atoms with Crippen LogP contribution in [0.25, 0.3) is 0 Å². The number of hydrogen-bond donors (Lipinski definition) is 10. The Balaban J connectivity index is 1.31. The zero-order chi connectivity index (χ0) is 81.0. The maximum absolute atomic E-state index is 13.6. The Morgan fingerprint density at radius 1 is 0.445 bits per heavy atom. The molecule has 110 heavy (non-hydrogen) atoms. The molecule has 616 valence electrons. The number of ether oxygens (including phenoxy) is 10. The molecule has 12 N–H and O–H groups in total. The number of primary amides is 2. The van der Waals surface area contributed by atoms with E-state index in [1.807, 2.05) is 0 Å². The molecular formula is C73H114N12O25. The first-order chi connectivity index (χ1) is 52.6. The fraction of sp³-hybridized carbons (Fsp3) is 0.644. The van der Waals surface area contributed by atoms with E-state index in [0.717, 1.165) is 0 Å². The Kier molecular flexibility index (Phi) is 48.1. The van der Waals surface area contributed by atoms with E-state index in [1.165, 1.54) is 11.8 Å². The molecule has 1 saturated heterocycles. The van der Waals surface area contributed by atoms with Crippen molar-refractivity contribution in [2.45, 2.75) is 156 Å². The molecule has 1 aliphatic heterocycles. The van der Waals surface area contributed by atoms with E-state index in [1.54, 1.807) is 90.1 Å². The summed E-state index contributed by atoms with van der Waals surface area (Å²) in [6, 6.07) is 7.66. The summed E-state index contributed by atoms with van der Waals surface area (Å²) in [6.45, 7) is 15.3. The number of rotatable bonds is 60. The lowest BCUT2D eigenvalue weighted by molar-refractivity contribution is -0.197. The van der Waals surface area contributed by atoms with Crippen LogP contribution >= 0.6 is 0 Å². The Morgan fingerprint density at radius 3 is 1.16 bits per heavy atom. The number of anilines is 2. The third-order valence-corrected chi connectivity index (χ3v) is 16.0. The van der Waals surface area contributed by atoms with Gasteiger partial charge in [-0.1, -0.05) is 65.8 Å². The normalized spacial score (nSPS) is 13.0. The molecule has 0 spiro atoms. The third-order valence-electron chi connectivity index (χ3n) is 16.0. The van der Waals surface area contributed by atoms with Gasteiger partial charge in [0.1, 0.15) is 37.4 Å². The van der Waals surface area contributed by atoms with Crippen molar-refractivity contribution in [3.05, 3.63) is 59.7 Å². The number of carbonyl (C=O) groups excluding carboxylic acids is 14. The predicted molar refractivity (Wildman–Crippen MR) is 395 cm³/mol. The van der Waals surface area contributed by atoms with Gasteiger partial charge in [-0.15, -0.1) is 5.06 Å². The summed E-state index contributed by atoms with van der Waals surface area (Å²) in [4.78, 5) is 182. The summed E-state index contributed by atoms with van der Waals surface area (Å²) in [5, 5.41) is 21.8. The van der Waals surface area contributed by atoms with Gasteiger partial charge in [0, 0.05) is 83.0 Å². The van der Waals surface area contributed by atoms with Gasteiger partial charge >= 0.3 is 30.0 Å². The van der Waals surface area contributed by atoms with Crippen LogP contribution in [0.15, 0.2) is 48.5 Å². The second-order valence-electron chi connectivity index (χ2n) is 26.2. The molecule has 2 aromatic carbocycles. The SMILES string of the molecule is CC(=O)OCc1ccc(NC(=O)C(CCCNC(N)=O)NC(=O)[C@@H](NC(=O)CCOCCOCCOCCOCCN(CCOCCOCCOCCOCCC(=O)N[C@H](C(=O)NC(CCCNC(N)=O)C(=O)Nc2ccc(COC(=O)C(C)C)cc2)C(C)C)C(=O)CCCC(=O)ON2C(=O)CCC2=O)C(C)C)cc1. The number of imide groups is 1. The summed E-state index contributed by atoms with van der Waals surface area (Å²) in [7, 11) is 0. The van der Waals surface area contributed by atoms with Crippen molar-refractivity contribution >= 4 is 94.5 Å². The first-order valence-corrected chi connectivity index (χ1v) is 37.0. The molecule has 0 saturated carbocycles. The maximum atomic E-state index is 13.6. The minimum atomic E-state index is -1.05. The highest BCUT2D eigenvalue weighted by Crippen LogP contribution is 2.18. The molecule has 0 bridgehead atoms. The van der Waals surface area contributed by atoms with Gasteiger partial charge in [-0.25, -0.2) is 14.4 Å². The maximum Gasteiger partial charge on any atom is 0.333 e. The minimum absolute atomic E-state index is 0.0290. The van der Waals surface area contributed by atoms with Gasteiger partial charge in [-0.05, 0) is 79.3 Å². The summed E-state index contributed by atoms with van der Waals surface area (Å²) < 4.78 is 55.3. The highest BCUT2D eigenvalue weighted by Gasteiger charge is 2.34. The summed E-state index contributed by atoms with van der Waals surface area (Å²) >= 11 is 0. The van der Waals surface area contributed by atoms with Crippen LogP contribution in [-0.4, -0.2) is 249 Å². The van der Waals surface area contributed by atoms with Crippen molar-refractivity contribution in [1.82, 2.24) is 41.9 Å². The number of hydroxylamine groups is 2. The van der Waals surface area contributed by atoms with Gasteiger partial charge in [-0.2, -0.15) is 0 Å². The average Bonchev–Trinajstić information content (AvgIpc) is 1.34. The summed E-state index contributed by atoms with van der Waals surface area (Å²) in [6.07, 6.45) is 0.408. The second-order valence-corrected chi connectivity index (χ2v) is 26.2. The van der Waals surface area contributed by atoms with Gasteiger partial charge in [0.25, 0.3) is 11.8 Å². The topological polar surface area (TPSA) is 495 Å². The second kappa shape index (κ2) is 55.8. The van der Waals surface area contributed by atoms with Gasteiger partial charge in [0.15, 0.2) is 0 Å². The zero-order valence-electron chi connectivity index (χ0n) is 64.3. The van der Waals surface area contributed by atoms with Crippen LogP contribution in [0.5, 0.6) is 0 Å². The lowest BCUT2D eigenvalue weighted by atomic mass is 10.0. The molecule has 3 rings (SSSR count). The van der Waals surface area contributed by atoms with Crippen LogP contribution in [0, 0.1) is 17.8 Å². The van der Waals surface area contributed by atoms with Crippen molar-refractivity contribution in [3.63, 3.8) is 0 Å². The molecule has 2 unspecified atom stereocenters.